The highest BCUT2D eigenvalue weighted by molar-refractivity contribution is 4.82. The zero-order chi connectivity index (χ0) is 11.6. The predicted octanol–water partition coefficient (Wildman–Crippen LogP) is 3.50. The van der Waals surface area contributed by atoms with Crippen molar-refractivity contribution in [1.82, 2.24) is 5.32 Å². The van der Waals surface area contributed by atoms with Crippen molar-refractivity contribution in [2.24, 2.45) is 11.8 Å². The molecule has 0 saturated heterocycles. The Hall–Kier alpha value is -0.250. The summed E-state index contributed by atoms with van der Waals surface area (Å²) in [7, 11) is 0. The molecule has 0 heterocycles. The molecule has 16 heavy (non-hydrogen) atoms. The Balaban J connectivity index is 1.68. The molecule has 0 aromatic rings. The highest BCUT2D eigenvalue weighted by Gasteiger charge is 2.41. The lowest BCUT2D eigenvalue weighted by Gasteiger charge is -2.31. The monoisotopic (exact) mass is 235 g/mol. The maximum Gasteiger partial charge on any atom is 0.391 e. The summed E-state index contributed by atoms with van der Waals surface area (Å²) in [5, 5.41) is 3.30. The zero-order valence-corrected chi connectivity index (χ0v) is 9.52. The number of hydrogen-bond acceptors (Lipinski definition) is 1. The average molecular weight is 235 g/mol. The van der Waals surface area contributed by atoms with Crippen LogP contribution in [0.5, 0.6) is 0 Å². The van der Waals surface area contributed by atoms with Gasteiger partial charge in [0.25, 0.3) is 0 Å². The number of alkyl halides is 3. The summed E-state index contributed by atoms with van der Waals surface area (Å²) in [5.41, 5.74) is 0. The Morgan fingerprint density at radius 1 is 1.06 bits per heavy atom. The predicted molar refractivity (Wildman–Crippen MR) is 57.1 cm³/mol. The van der Waals surface area contributed by atoms with E-state index in [0.29, 0.717) is 12.8 Å². The third-order valence-corrected chi connectivity index (χ3v) is 3.82. The van der Waals surface area contributed by atoms with Crippen LogP contribution in [0.3, 0.4) is 0 Å². The molecule has 0 amide bonds. The highest BCUT2D eigenvalue weighted by atomic mass is 19.4. The summed E-state index contributed by atoms with van der Waals surface area (Å²) in [6.07, 6.45) is 2.03. The van der Waals surface area contributed by atoms with E-state index in [1.807, 2.05) is 0 Å². The molecule has 2 fully saturated rings. The standard InChI is InChI=1S/C12H20F3N/c13-12(14,15)10-2-1-3-11(8-10)16-7-6-9-4-5-9/h9-11,16H,1-8H2. The fraction of sp³-hybridized carbons (Fsp3) is 1.00. The van der Waals surface area contributed by atoms with Gasteiger partial charge in [0.2, 0.25) is 0 Å². The molecule has 0 aromatic heterocycles. The first-order valence-electron chi connectivity index (χ1n) is 6.36. The maximum absolute atomic E-state index is 12.5. The van der Waals surface area contributed by atoms with Gasteiger partial charge in [0.05, 0.1) is 5.92 Å². The second-order valence-electron chi connectivity index (χ2n) is 5.29. The van der Waals surface area contributed by atoms with E-state index in [1.54, 1.807) is 0 Å². The van der Waals surface area contributed by atoms with Gasteiger partial charge in [-0.25, -0.2) is 0 Å². The first-order chi connectivity index (χ1) is 7.55. The van der Waals surface area contributed by atoms with E-state index in [-0.39, 0.29) is 12.5 Å². The van der Waals surface area contributed by atoms with Gasteiger partial charge in [0.15, 0.2) is 0 Å². The van der Waals surface area contributed by atoms with Crippen molar-refractivity contribution in [2.45, 2.75) is 57.2 Å². The molecular weight excluding hydrogens is 215 g/mol. The molecule has 2 aliphatic rings. The topological polar surface area (TPSA) is 12.0 Å². The van der Waals surface area contributed by atoms with Crippen molar-refractivity contribution in [2.75, 3.05) is 6.54 Å². The van der Waals surface area contributed by atoms with Gasteiger partial charge in [-0.2, -0.15) is 13.2 Å². The third-order valence-electron chi connectivity index (χ3n) is 3.82. The molecule has 0 aromatic carbocycles. The first-order valence-corrected chi connectivity index (χ1v) is 6.36. The van der Waals surface area contributed by atoms with Crippen LogP contribution in [-0.4, -0.2) is 18.8 Å². The van der Waals surface area contributed by atoms with E-state index in [1.165, 1.54) is 12.8 Å². The third kappa shape index (κ3) is 3.65. The van der Waals surface area contributed by atoms with Crippen molar-refractivity contribution in [3.8, 4) is 0 Å². The largest absolute Gasteiger partial charge is 0.391 e. The molecular formula is C12H20F3N. The molecule has 0 radical (unpaired) electrons. The lowest BCUT2D eigenvalue weighted by Crippen LogP contribution is -2.39. The van der Waals surface area contributed by atoms with Crippen molar-refractivity contribution in [3.05, 3.63) is 0 Å². The van der Waals surface area contributed by atoms with Crippen molar-refractivity contribution in [1.29, 1.82) is 0 Å². The van der Waals surface area contributed by atoms with Crippen LogP contribution in [0.25, 0.3) is 0 Å². The normalized spacial score (nSPS) is 31.7. The molecule has 1 N–H and O–H groups in total. The summed E-state index contributed by atoms with van der Waals surface area (Å²) in [5.74, 6) is -0.214. The molecule has 0 bridgehead atoms. The van der Waals surface area contributed by atoms with Crippen LogP contribution >= 0.6 is 0 Å². The van der Waals surface area contributed by atoms with Crippen LogP contribution in [-0.2, 0) is 0 Å². The van der Waals surface area contributed by atoms with Crippen LogP contribution in [0.1, 0.15) is 44.9 Å². The fourth-order valence-electron chi connectivity index (χ4n) is 2.57. The van der Waals surface area contributed by atoms with Gasteiger partial charge in [0, 0.05) is 6.04 Å². The van der Waals surface area contributed by atoms with Crippen LogP contribution in [0, 0.1) is 11.8 Å². The second-order valence-corrected chi connectivity index (χ2v) is 5.29. The van der Waals surface area contributed by atoms with Gasteiger partial charge in [0.1, 0.15) is 0 Å². The molecule has 2 aliphatic carbocycles. The van der Waals surface area contributed by atoms with E-state index in [0.717, 1.165) is 25.3 Å². The molecule has 4 heteroatoms. The first kappa shape index (κ1) is 12.2. The van der Waals surface area contributed by atoms with Crippen LogP contribution in [0.4, 0.5) is 13.2 Å². The number of nitrogens with one attached hydrogen (secondary N) is 1. The molecule has 0 spiro atoms. The van der Waals surface area contributed by atoms with Gasteiger partial charge in [-0.05, 0) is 38.1 Å². The minimum absolute atomic E-state index is 0.0964. The lowest BCUT2D eigenvalue weighted by molar-refractivity contribution is -0.183. The van der Waals surface area contributed by atoms with Crippen LogP contribution in [0.15, 0.2) is 0 Å². The van der Waals surface area contributed by atoms with E-state index < -0.39 is 12.1 Å². The number of rotatable bonds is 4. The highest BCUT2D eigenvalue weighted by Crippen LogP contribution is 2.37. The summed E-state index contributed by atoms with van der Waals surface area (Å²) in [6, 6.07) is 0.0964. The minimum atomic E-state index is -3.99. The Morgan fingerprint density at radius 2 is 1.81 bits per heavy atom. The van der Waals surface area contributed by atoms with Gasteiger partial charge in [-0.3, -0.25) is 0 Å². The SMILES string of the molecule is FC(F)(F)C1CCCC(NCCC2CC2)C1. The van der Waals surface area contributed by atoms with Crippen LogP contribution in [0.2, 0.25) is 0 Å². The molecule has 2 rings (SSSR count). The van der Waals surface area contributed by atoms with E-state index >= 15 is 0 Å². The fourth-order valence-corrected chi connectivity index (χ4v) is 2.57. The summed E-state index contributed by atoms with van der Waals surface area (Å²) >= 11 is 0. The van der Waals surface area contributed by atoms with Gasteiger partial charge >= 0.3 is 6.18 Å². The van der Waals surface area contributed by atoms with E-state index in [2.05, 4.69) is 5.32 Å². The van der Waals surface area contributed by atoms with Crippen molar-refractivity contribution in [3.63, 3.8) is 0 Å². The molecule has 1 nitrogen and oxygen atoms in total. The lowest BCUT2D eigenvalue weighted by atomic mass is 9.85. The molecule has 0 aliphatic heterocycles. The van der Waals surface area contributed by atoms with Gasteiger partial charge in [-0.1, -0.05) is 19.3 Å². The minimum Gasteiger partial charge on any atom is -0.314 e. The van der Waals surface area contributed by atoms with E-state index in [4.69, 9.17) is 0 Å². The number of hydrogen-bond donors (Lipinski definition) is 1. The Bertz CT molecular complexity index is 223. The summed E-state index contributed by atoms with van der Waals surface area (Å²) < 4.78 is 37.6. The quantitative estimate of drug-likeness (QED) is 0.786. The van der Waals surface area contributed by atoms with Crippen LogP contribution < -0.4 is 5.32 Å². The Labute approximate surface area is 94.8 Å². The average Bonchev–Trinajstić information content (AvgIpc) is 3.01. The summed E-state index contributed by atoms with van der Waals surface area (Å²) in [4.78, 5) is 0. The van der Waals surface area contributed by atoms with E-state index in [9.17, 15) is 13.2 Å². The summed E-state index contributed by atoms with van der Waals surface area (Å²) in [6.45, 7) is 0.903. The smallest absolute Gasteiger partial charge is 0.314 e. The Morgan fingerprint density at radius 3 is 2.44 bits per heavy atom. The van der Waals surface area contributed by atoms with Gasteiger partial charge < -0.3 is 5.32 Å². The zero-order valence-electron chi connectivity index (χ0n) is 9.52. The second kappa shape index (κ2) is 4.94. The van der Waals surface area contributed by atoms with Crippen molar-refractivity contribution < 1.29 is 13.2 Å². The van der Waals surface area contributed by atoms with Crippen molar-refractivity contribution >= 4 is 0 Å². The maximum atomic E-state index is 12.5. The van der Waals surface area contributed by atoms with Gasteiger partial charge in [-0.15, -0.1) is 0 Å². The molecule has 2 saturated carbocycles. The molecule has 94 valence electrons. The number of halogens is 3. The Kier molecular flexibility index (Phi) is 3.77. The molecule has 2 unspecified atom stereocenters. The molecule has 2 atom stereocenters.